The third-order valence-corrected chi connectivity index (χ3v) is 4.42. The van der Waals surface area contributed by atoms with Crippen LogP contribution in [-0.2, 0) is 12.8 Å². The van der Waals surface area contributed by atoms with Gasteiger partial charge >= 0.3 is 0 Å². The van der Waals surface area contributed by atoms with Gasteiger partial charge in [0.05, 0.1) is 6.61 Å². The van der Waals surface area contributed by atoms with E-state index in [2.05, 4.69) is 23.1 Å². The van der Waals surface area contributed by atoms with E-state index in [4.69, 9.17) is 10.5 Å². The Morgan fingerprint density at radius 2 is 2.32 bits per heavy atom. The van der Waals surface area contributed by atoms with Crippen molar-refractivity contribution in [2.24, 2.45) is 11.7 Å². The third-order valence-electron chi connectivity index (χ3n) is 4.42. The minimum Gasteiger partial charge on any atom is -0.493 e. The highest BCUT2D eigenvalue weighted by Crippen LogP contribution is 2.26. The van der Waals surface area contributed by atoms with Crippen molar-refractivity contribution in [1.29, 1.82) is 0 Å². The lowest BCUT2D eigenvalue weighted by molar-refractivity contribution is 0.325. The first kappa shape index (κ1) is 12.9. The van der Waals surface area contributed by atoms with Crippen LogP contribution in [0, 0.1) is 5.92 Å². The van der Waals surface area contributed by atoms with E-state index in [1.54, 1.807) is 0 Å². The SMILES string of the molecule is NCCC1CCN(CCc2ccc3c(c2)CCO3)C1. The van der Waals surface area contributed by atoms with Crippen molar-refractivity contribution in [3.63, 3.8) is 0 Å². The Bertz CT molecular complexity index is 433. The van der Waals surface area contributed by atoms with Crippen molar-refractivity contribution in [2.75, 3.05) is 32.8 Å². The Balaban J connectivity index is 1.50. The number of hydrogen-bond acceptors (Lipinski definition) is 3. The number of likely N-dealkylation sites (tertiary alicyclic amines) is 1. The van der Waals surface area contributed by atoms with E-state index < -0.39 is 0 Å². The molecule has 3 nitrogen and oxygen atoms in total. The molecule has 0 aromatic heterocycles. The van der Waals surface area contributed by atoms with Crippen LogP contribution in [0.3, 0.4) is 0 Å². The van der Waals surface area contributed by atoms with Crippen LogP contribution in [0.4, 0.5) is 0 Å². The Hall–Kier alpha value is -1.06. The first-order valence-corrected chi connectivity index (χ1v) is 7.52. The molecule has 0 spiro atoms. The van der Waals surface area contributed by atoms with Crippen LogP contribution in [0.25, 0.3) is 0 Å². The van der Waals surface area contributed by atoms with E-state index >= 15 is 0 Å². The summed E-state index contributed by atoms with van der Waals surface area (Å²) in [6, 6.07) is 6.69. The monoisotopic (exact) mass is 260 g/mol. The van der Waals surface area contributed by atoms with Gasteiger partial charge in [0, 0.05) is 19.5 Å². The van der Waals surface area contributed by atoms with Gasteiger partial charge in [-0.1, -0.05) is 12.1 Å². The molecule has 2 aliphatic rings. The summed E-state index contributed by atoms with van der Waals surface area (Å²) < 4.78 is 5.55. The van der Waals surface area contributed by atoms with Crippen LogP contribution in [0.1, 0.15) is 24.0 Å². The van der Waals surface area contributed by atoms with Crippen LogP contribution in [0.2, 0.25) is 0 Å². The maximum Gasteiger partial charge on any atom is 0.122 e. The van der Waals surface area contributed by atoms with Crippen LogP contribution in [0.5, 0.6) is 5.75 Å². The van der Waals surface area contributed by atoms with E-state index in [9.17, 15) is 0 Å². The molecule has 2 aliphatic heterocycles. The fraction of sp³-hybridized carbons (Fsp3) is 0.625. The van der Waals surface area contributed by atoms with Gasteiger partial charge in [0.1, 0.15) is 5.75 Å². The molecule has 19 heavy (non-hydrogen) atoms. The zero-order valence-corrected chi connectivity index (χ0v) is 11.6. The normalized spacial score (nSPS) is 22.5. The maximum absolute atomic E-state index is 5.64. The summed E-state index contributed by atoms with van der Waals surface area (Å²) in [4.78, 5) is 2.59. The average Bonchev–Trinajstić information content (AvgIpc) is 3.04. The minimum atomic E-state index is 0.832. The highest BCUT2D eigenvalue weighted by atomic mass is 16.5. The zero-order chi connectivity index (χ0) is 13.1. The molecule has 0 radical (unpaired) electrons. The third kappa shape index (κ3) is 3.10. The molecule has 0 saturated carbocycles. The summed E-state index contributed by atoms with van der Waals surface area (Å²) in [6.45, 7) is 5.36. The number of nitrogens with two attached hydrogens (primary N) is 1. The fourth-order valence-corrected chi connectivity index (χ4v) is 3.27. The summed E-state index contributed by atoms with van der Waals surface area (Å²) in [5, 5.41) is 0. The lowest BCUT2D eigenvalue weighted by atomic mass is 10.1. The average molecular weight is 260 g/mol. The molecule has 1 atom stereocenters. The van der Waals surface area contributed by atoms with Gasteiger partial charge in [-0.2, -0.15) is 0 Å². The van der Waals surface area contributed by atoms with Crippen molar-refractivity contribution in [1.82, 2.24) is 4.90 Å². The van der Waals surface area contributed by atoms with Gasteiger partial charge in [0.2, 0.25) is 0 Å². The molecule has 1 aromatic rings. The van der Waals surface area contributed by atoms with E-state index in [0.29, 0.717) is 0 Å². The molecular formula is C16H24N2O. The van der Waals surface area contributed by atoms with E-state index in [1.165, 1.54) is 43.6 Å². The van der Waals surface area contributed by atoms with Gasteiger partial charge < -0.3 is 15.4 Å². The molecule has 0 amide bonds. The number of hydrogen-bond donors (Lipinski definition) is 1. The first-order valence-electron chi connectivity index (χ1n) is 7.52. The molecular weight excluding hydrogens is 236 g/mol. The Morgan fingerprint density at radius 3 is 3.21 bits per heavy atom. The van der Waals surface area contributed by atoms with E-state index in [-0.39, 0.29) is 0 Å². The lowest BCUT2D eigenvalue weighted by Crippen LogP contribution is -2.24. The molecule has 1 unspecified atom stereocenters. The van der Waals surface area contributed by atoms with Gasteiger partial charge in [0.25, 0.3) is 0 Å². The molecule has 104 valence electrons. The fourth-order valence-electron chi connectivity index (χ4n) is 3.27. The second-order valence-corrected chi connectivity index (χ2v) is 5.82. The quantitative estimate of drug-likeness (QED) is 0.878. The zero-order valence-electron chi connectivity index (χ0n) is 11.6. The second-order valence-electron chi connectivity index (χ2n) is 5.82. The smallest absolute Gasteiger partial charge is 0.122 e. The number of nitrogens with zero attached hydrogens (tertiary/aromatic N) is 1. The summed E-state index contributed by atoms with van der Waals surface area (Å²) in [7, 11) is 0. The maximum atomic E-state index is 5.64. The first-order chi connectivity index (χ1) is 9.35. The topological polar surface area (TPSA) is 38.5 Å². The molecule has 1 fully saturated rings. The second kappa shape index (κ2) is 5.93. The number of fused-ring (bicyclic) bond motifs is 1. The number of rotatable bonds is 5. The van der Waals surface area contributed by atoms with E-state index in [0.717, 1.165) is 37.7 Å². The number of benzene rings is 1. The molecule has 2 N–H and O–H groups in total. The Labute approximate surface area is 115 Å². The summed E-state index contributed by atoms with van der Waals surface area (Å²) in [5.74, 6) is 1.92. The molecule has 0 aliphatic carbocycles. The van der Waals surface area contributed by atoms with Gasteiger partial charge in [-0.3, -0.25) is 0 Å². The highest BCUT2D eigenvalue weighted by Gasteiger charge is 2.21. The van der Waals surface area contributed by atoms with Gasteiger partial charge in [-0.25, -0.2) is 0 Å². The highest BCUT2D eigenvalue weighted by molar-refractivity contribution is 5.39. The predicted molar refractivity (Wildman–Crippen MR) is 77.6 cm³/mol. The van der Waals surface area contributed by atoms with Crippen molar-refractivity contribution in [2.45, 2.75) is 25.7 Å². The van der Waals surface area contributed by atoms with Crippen molar-refractivity contribution in [3.05, 3.63) is 29.3 Å². The number of ether oxygens (including phenoxy) is 1. The van der Waals surface area contributed by atoms with Crippen molar-refractivity contribution < 1.29 is 4.74 Å². The summed E-state index contributed by atoms with van der Waals surface area (Å²) in [5.41, 5.74) is 8.48. The molecule has 1 saturated heterocycles. The standard InChI is InChI=1S/C16H24N2O/c17-7-3-14-5-9-18(12-14)8-4-13-1-2-16-15(11-13)6-10-19-16/h1-2,11,14H,3-10,12,17H2. The summed E-state index contributed by atoms with van der Waals surface area (Å²) >= 11 is 0. The Kier molecular flexibility index (Phi) is 4.04. The van der Waals surface area contributed by atoms with Gasteiger partial charge in [-0.05, 0) is 55.5 Å². The predicted octanol–water partition coefficient (Wildman–Crippen LogP) is 1.83. The van der Waals surface area contributed by atoms with Crippen LogP contribution in [-0.4, -0.2) is 37.7 Å². The van der Waals surface area contributed by atoms with Crippen molar-refractivity contribution >= 4 is 0 Å². The van der Waals surface area contributed by atoms with Crippen LogP contribution < -0.4 is 10.5 Å². The molecule has 3 heteroatoms. The van der Waals surface area contributed by atoms with E-state index in [1.807, 2.05) is 0 Å². The lowest BCUT2D eigenvalue weighted by Gasteiger charge is -2.16. The molecule has 1 aromatic carbocycles. The summed E-state index contributed by atoms with van der Waals surface area (Å²) in [6.07, 6.45) is 4.75. The van der Waals surface area contributed by atoms with Crippen LogP contribution in [0.15, 0.2) is 18.2 Å². The molecule has 2 heterocycles. The largest absolute Gasteiger partial charge is 0.493 e. The minimum absolute atomic E-state index is 0.832. The Morgan fingerprint density at radius 1 is 1.37 bits per heavy atom. The van der Waals surface area contributed by atoms with Gasteiger partial charge in [-0.15, -0.1) is 0 Å². The van der Waals surface area contributed by atoms with Crippen molar-refractivity contribution in [3.8, 4) is 5.75 Å². The molecule has 3 rings (SSSR count). The van der Waals surface area contributed by atoms with Crippen LogP contribution >= 0.6 is 0 Å². The molecule has 0 bridgehead atoms. The van der Waals surface area contributed by atoms with Gasteiger partial charge in [0.15, 0.2) is 0 Å².